The van der Waals surface area contributed by atoms with Crippen molar-refractivity contribution in [2.24, 2.45) is 0 Å². The first-order valence-electron chi connectivity index (χ1n) is 5.10. The van der Waals surface area contributed by atoms with Crippen LogP contribution in [0.1, 0.15) is 12.2 Å². The molecule has 4 nitrogen and oxygen atoms in total. The Morgan fingerprint density at radius 2 is 2.38 bits per heavy atom. The van der Waals surface area contributed by atoms with Gasteiger partial charge in [-0.2, -0.15) is 0 Å². The van der Waals surface area contributed by atoms with E-state index in [1.807, 2.05) is 12.1 Å². The minimum atomic E-state index is -0.297. The van der Waals surface area contributed by atoms with Gasteiger partial charge in [-0.05, 0) is 18.6 Å². The summed E-state index contributed by atoms with van der Waals surface area (Å²) in [5.74, 6) is 1.66. The summed E-state index contributed by atoms with van der Waals surface area (Å²) < 4.78 is 2.53. The number of aliphatic hydroxyl groups excluding tert-OH is 1. The van der Waals surface area contributed by atoms with E-state index in [1.54, 1.807) is 4.68 Å². The van der Waals surface area contributed by atoms with E-state index in [4.69, 9.17) is 11.6 Å². The quantitative estimate of drug-likeness (QED) is 0.848. The zero-order chi connectivity index (χ0) is 11.1. The van der Waals surface area contributed by atoms with Crippen LogP contribution in [0.2, 0.25) is 4.34 Å². The van der Waals surface area contributed by atoms with E-state index in [9.17, 15) is 5.11 Å². The molecule has 1 atom stereocenters. The molecular weight excluding hydrogens is 246 g/mol. The van der Waals surface area contributed by atoms with Crippen LogP contribution in [-0.2, 0) is 13.0 Å². The summed E-state index contributed by atoms with van der Waals surface area (Å²) >= 11 is 7.35. The van der Waals surface area contributed by atoms with Crippen molar-refractivity contribution in [2.75, 3.05) is 0 Å². The van der Waals surface area contributed by atoms with Gasteiger partial charge in [0.25, 0.3) is 0 Å². The summed E-state index contributed by atoms with van der Waals surface area (Å²) in [6.07, 6.45) is 1.25. The second-order valence-corrected chi connectivity index (χ2v) is 5.55. The second-order valence-electron chi connectivity index (χ2n) is 3.83. The van der Waals surface area contributed by atoms with Crippen molar-refractivity contribution < 1.29 is 5.11 Å². The van der Waals surface area contributed by atoms with Crippen LogP contribution in [-0.4, -0.2) is 26.0 Å². The molecule has 0 aromatic carbocycles. The second kappa shape index (κ2) is 3.84. The van der Waals surface area contributed by atoms with Gasteiger partial charge in [0, 0.05) is 6.42 Å². The third-order valence-corrected chi connectivity index (χ3v) is 3.85. The van der Waals surface area contributed by atoms with Gasteiger partial charge in [-0.3, -0.25) is 0 Å². The predicted molar refractivity (Wildman–Crippen MR) is 62.7 cm³/mol. The van der Waals surface area contributed by atoms with Gasteiger partial charge in [0.1, 0.15) is 5.82 Å². The molecule has 1 aliphatic rings. The molecule has 84 valence electrons. The number of aryl methyl sites for hydroxylation is 1. The average Bonchev–Trinajstić information content (AvgIpc) is 2.83. The maximum absolute atomic E-state index is 9.53. The van der Waals surface area contributed by atoms with Crippen LogP contribution in [0, 0.1) is 0 Å². The Labute approximate surface area is 102 Å². The number of rotatable bonds is 1. The van der Waals surface area contributed by atoms with Crippen LogP contribution in [0.3, 0.4) is 0 Å². The lowest BCUT2D eigenvalue weighted by atomic mass is 10.1. The summed E-state index contributed by atoms with van der Waals surface area (Å²) in [5, 5.41) is 13.9. The zero-order valence-corrected chi connectivity index (χ0v) is 10.0. The number of hydrogen-bond donors (Lipinski definition) is 1. The Morgan fingerprint density at radius 3 is 3.12 bits per heavy atom. The molecule has 0 aliphatic carbocycles. The molecule has 0 spiro atoms. The van der Waals surface area contributed by atoms with E-state index < -0.39 is 0 Å². The highest BCUT2D eigenvalue weighted by Gasteiger charge is 2.20. The van der Waals surface area contributed by atoms with Crippen molar-refractivity contribution >= 4 is 22.9 Å². The standard InChI is InChI=1S/C10H10ClN3OS/c11-8-3-2-7(16-8)10-12-9-4-1-6(15)5-14(9)13-10/h2-3,6,15H,1,4-5H2. The molecule has 0 radical (unpaired) electrons. The highest BCUT2D eigenvalue weighted by molar-refractivity contribution is 7.19. The molecule has 16 heavy (non-hydrogen) atoms. The summed E-state index contributed by atoms with van der Waals surface area (Å²) in [4.78, 5) is 5.43. The van der Waals surface area contributed by atoms with Crippen molar-refractivity contribution in [1.82, 2.24) is 14.8 Å². The fraction of sp³-hybridized carbons (Fsp3) is 0.400. The number of halogens is 1. The lowest BCUT2D eigenvalue weighted by Gasteiger charge is -2.16. The molecule has 1 N–H and O–H groups in total. The van der Waals surface area contributed by atoms with Gasteiger partial charge < -0.3 is 5.11 Å². The van der Waals surface area contributed by atoms with Gasteiger partial charge in [-0.1, -0.05) is 11.6 Å². The normalized spacial score (nSPS) is 19.8. The van der Waals surface area contributed by atoms with Crippen molar-refractivity contribution in [1.29, 1.82) is 0 Å². The molecule has 0 bridgehead atoms. The van der Waals surface area contributed by atoms with E-state index in [1.165, 1.54) is 11.3 Å². The fourth-order valence-electron chi connectivity index (χ4n) is 1.83. The van der Waals surface area contributed by atoms with Crippen LogP contribution in [0.5, 0.6) is 0 Å². The van der Waals surface area contributed by atoms with Gasteiger partial charge in [0.05, 0.1) is 21.9 Å². The third-order valence-electron chi connectivity index (χ3n) is 2.63. The zero-order valence-electron chi connectivity index (χ0n) is 8.43. The molecule has 0 saturated carbocycles. The van der Waals surface area contributed by atoms with Crippen LogP contribution in [0.4, 0.5) is 0 Å². The summed E-state index contributed by atoms with van der Waals surface area (Å²) in [5.41, 5.74) is 0. The molecule has 1 aliphatic heterocycles. The molecule has 2 aromatic rings. The SMILES string of the molecule is OC1CCc2nc(-c3ccc(Cl)s3)nn2C1. The molecular formula is C10H10ClN3OS. The Bertz CT molecular complexity index is 522. The van der Waals surface area contributed by atoms with Gasteiger partial charge in [0.15, 0.2) is 5.82 Å². The fourth-order valence-corrected chi connectivity index (χ4v) is 2.80. The van der Waals surface area contributed by atoms with Crippen molar-refractivity contribution in [3.8, 4) is 10.7 Å². The Hall–Kier alpha value is -0.910. The summed E-state index contributed by atoms with van der Waals surface area (Å²) in [6, 6.07) is 3.77. The first-order chi connectivity index (χ1) is 7.72. The largest absolute Gasteiger partial charge is 0.391 e. The summed E-state index contributed by atoms with van der Waals surface area (Å²) in [7, 11) is 0. The molecule has 0 fully saturated rings. The maximum atomic E-state index is 9.53. The van der Waals surface area contributed by atoms with Gasteiger partial charge in [-0.25, -0.2) is 9.67 Å². The lowest BCUT2D eigenvalue weighted by molar-refractivity contribution is 0.124. The number of hydrogen-bond acceptors (Lipinski definition) is 4. The van der Waals surface area contributed by atoms with E-state index in [-0.39, 0.29) is 6.10 Å². The minimum absolute atomic E-state index is 0.297. The maximum Gasteiger partial charge on any atom is 0.191 e. The number of nitrogens with zero attached hydrogens (tertiary/aromatic N) is 3. The monoisotopic (exact) mass is 255 g/mol. The Morgan fingerprint density at radius 1 is 1.50 bits per heavy atom. The van der Waals surface area contributed by atoms with Crippen molar-refractivity contribution in [2.45, 2.75) is 25.5 Å². The van der Waals surface area contributed by atoms with E-state index in [2.05, 4.69) is 10.1 Å². The highest BCUT2D eigenvalue weighted by atomic mass is 35.5. The molecule has 1 unspecified atom stereocenters. The van der Waals surface area contributed by atoms with Crippen LogP contribution >= 0.6 is 22.9 Å². The smallest absolute Gasteiger partial charge is 0.191 e. The number of aliphatic hydroxyl groups is 1. The van der Waals surface area contributed by atoms with Crippen molar-refractivity contribution in [3.05, 3.63) is 22.3 Å². The Kier molecular flexibility index (Phi) is 2.46. The topological polar surface area (TPSA) is 50.9 Å². The van der Waals surface area contributed by atoms with Crippen LogP contribution in [0.15, 0.2) is 12.1 Å². The highest BCUT2D eigenvalue weighted by Crippen LogP contribution is 2.29. The predicted octanol–water partition coefficient (Wildman–Crippen LogP) is 1.97. The molecule has 0 saturated heterocycles. The van der Waals surface area contributed by atoms with Gasteiger partial charge in [0.2, 0.25) is 0 Å². The van der Waals surface area contributed by atoms with Crippen LogP contribution < -0.4 is 0 Å². The van der Waals surface area contributed by atoms with E-state index in [0.29, 0.717) is 12.4 Å². The average molecular weight is 256 g/mol. The van der Waals surface area contributed by atoms with Gasteiger partial charge in [-0.15, -0.1) is 16.4 Å². The molecule has 6 heteroatoms. The third kappa shape index (κ3) is 1.75. The number of fused-ring (bicyclic) bond motifs is 1. The number of thiophene rings is 1. The Balaban J connectivity index is 1.98. The molecule has 3 rings (SSSR count). The number of aromatic nitrogens is 3. The molecule has 2 aromatic heterocycles. The summed E-state index contributed by atoms with van der Waals surface area (Å²) in [6.45, 7) is 0.543. The first-order valence-corrected chi connectivity index (χ1v) is 6.29. The minimum Gasteiger partial charge on any atom is -0.391 e. The van der Waals surface area contributed by atoms with E-state index in [0.717, 1.165) is 27.9 Å². The van der Waals surface area contributed by atoms with Crippen LogP contribution in [0.25, 0.3) is 10.7 Å². The van der Waals surface area contributed by atoms with E-state index >= 15 is 0 Å². The lowest BCUT2D eigenvalue weighted by Crippen LogP contribution is -2.25. The van der Waals surface area contributed by atoms with Gasteiger partial charge >= 0.3 is 0 Å². The first kappa shape index (κ1) is 10.3. The molecule has 3 heterocycles. The van der Waals surface area contributed by atoms with Crippen molar-refractivity contribution in [3.63, 3.8) is 0 Å². The molecule has 0 amide bonds.